The fourth-order valence-corrected chi connectivity index (χ4v) is 2.69. The lowest BCUT2D eigenvalue weighted by Crippen LogP contribution is -2.48. The van der Waals surface area contributed by atoms with E-state index in [9.17, 15) is 13.2 Å². The van der Waals surface area contributed by atoms with E-state index in [-0.39, 0.29) is 13.1 Å². The molecule has 2 fully saturated rings. The van der Waals surface area contributed by atoms with Gasteiger partial charge in [-0.25, -0.2) is 0 Å². The molecule has 0 aromatic rings. The Morgan fingerprint density at radius 2 is 2.26 bits per heavy atom. The Morgan fingerprint density at radius 3 is 2.84 bits per heavy atom. The van der Waals surface area contributed by atoms with Crippen LogP contribution >= 0.6 is 0 Å². The average molecular weight is 282 g/mol. The van der Waals surface area contributed by atoms with E-state index in [1.54, 1.807) is 7.11 Å². The van der Waals surface area contributed by atoms with E-state index >= 15 is 0 Å². The second-order valence-electron chi connectivity index (χ2n) is 5.37. The van der Waals surface area contributed by atoms with Crippen LogP contribution in [0.2, 0.25) is 0 Å². The van der Waals surface area contributed by atoms with Gasteiger partial charge in [-0.05, 0) is 0 Å². The fourth-order valence-electron chi connectivity index (χ4n) is 2.69. The van der Waals surface area contributed by atoms with Crippen molar-refractivity contribution in [3.8, 4) is 0 Å². The van der Waals surface area contributed by atoms with Gasteiger partial charge in [-0.15, -0.1) is 0 Å². The van der Waals surface area contributed by atoms with Crippen LogP contribution in [0.5, 0.6) is 0 Å². The van der Waals surface area contributed by atoms with Gasteiger partial charge < -0.3 is 14.8 Å². The molecule has 19 heavy (non-hydrogen) atoms. The molecule has 7 heteroatoms. The summed E-state index contributed by atoms with van der Waals surface area (Å²) in [6.45, 7) is 2.79. The van der Waals surface area contributed by atoms with Gasteiger partial charge in [0, 0.05) is 52.9 Å². The number of nitrogens with one attached hydrogen (secondary N) is 1. The maximum atomic E-state index is 12.9. The fraction of sp³-hybridized carbons (Fsp3) is 1.00. The molecule has 2 saturated heterocycles. The van der Waals surface area contributed by atoms with Gasteiger partial charge in [0.2, 0.25) is 0 Å². The summed E-state index contributed by atoms with van der Waals surface area (Å²) in [5.41, 5.74) is -0.444. The molecule has 0 bridgehead atoms. The monoisotopic (exact) mass is 282 g/mol. The van der Waals surface area contributed by atoms with Crippen LogP contribution in [0.15, 0.2) is 0 Å². The molecule has 4 nitrogen and oxygen atoms in total. The normalized spacial score (nSPS) is 34.4. The third-order valence-corrected chi connectivity index (χ3v) is 3.95. The largest absolute Gasteiger partial charge is 0.394 e. The number of alkyl halides is 3. The maximum Gasteiger partial charge on any atom is 0.394 e. The SMILES string of the molecule is COC1(CN2CCNCC(C(F)(F)F)C2)CCOC1. The van der Waals surface area contributed by atoms with Crippen LogP contribution in [0.4, 0.5) is 13.2 Å². The second-order valence-corrected chi connectivity index (χ2v) is 5.37. The summed E-state index contributed by atoms with van der Waals surface area (Å²) >= 11 is 0. The molecule has 2 unspecified atom stereocenters. The van der Waals surface area contributed by atoms with E-state index < -0.39 is 17.7 Å². The second kappa shape index (κ2) is 5.95. The summed E-state index contributed by atoms with van der Waals surface area (Å²) in [5.74, 6) is -1.31. The zero-order valence-electron chi connectivity index (χ0n) is 11.1. The minimum atomic E-state index is -4.15. The number of ether oxygens (including phenoxy) is 2. The van der Waals surface area contributed by atoms with E-state index in [2.05, 4.69) is 5.32 Å². The summed E-state index contributed by atoms with van der Waals surface area (Å²) in [4.78, 5) is 1.84. The first kappa shape index (κ1) is 15.0. The first-order valence-electron chi connectivity index (χ1n) is 6.58. The third kappa shape index (κ3) is 3.81. The van der Waals surface area contributed by atoms with Gasteiger partial charge in [-0.3, -0.25) is 4.90 Å². The van der Waals surface area contributed by atoms with Gasteiger partial charge in [0.25, 0.3) is 0 Å². The Balaban J connectivity index is 1.98. The Labute approximate surface area is 111 Å². The van der Waals surface area contributed by atoms with Gasteiger partial charge in [0.15, 0.2) is 0 Å². The van der Waals surface area contributed by atoms with Crippen LogP contribution < -0.4 is 5.32 Å². The molecule has 2 aliphatic rings. The van der Waals surface area contributed by atoms with Crippen LogP contribution in [0.3, 0.4) is 0 Å². The highest BCUT2D eigenvalue weighted by atomic mass is 19.4. The van der Waals surface area contributed by atoms with Crippen molar-refractivity contribution in [3.05, 3.63) is 0 Å². The highest BCUT2D eigenvalue weighted by molar-refractivity contribution is 4.90. The average Bonchev–Trinajstić information content (AvgIpc) is 2.67. The predicted octanol–water partition coefficient (Wildman–Crippen LogP) is 0.876. The van der Waals surface area contributed by atoms with Crippen LogP contribution in [0.1, 0.15) is 6.42 Å². The molecule has 2 atom stereocenters. The number of methoxy groups -OCH3 is 1. The highest BCUT2D eigenvalue weighted by Gasteiger charge is 2.43. The van der Waals surface area contributed by atoms with Crippen molar-refractivity contribution < 1.29 is 22.6 Å². The van der Waals surface area contributed by atoms with E-state index in [1.807, 2.05) is 4.90 Å². The van der Waals surface area contributed by atoms with Crippen molar-refractivity contribution in [2.75, 3.05) is 53.0 Å². The molecule has 2 aliphatic heterocycles. The highest BCUT2D eigenvalue weighted by Crippen LogP contribution is 2.29. The molecule has 0 spiro atoms. The van der Waals surface area contributed by atoms with Crippen molar-refractivity contribution in [2.24, 2.45) is 5.92 Å². The predicted molar refractivity (Wildman–Crippen MR) is 64.0 cm³/mol. The van der Waals surface area contributed by atoms with Crippen LogP contribution in [0, 0.1) is 5.92 Å². The minimum absolute atomic E-state index is 0.00349. The molecular weight excluding hydrogens is 261 g/mol. The molecule has 0 radical (unpaired) electrons. The molecule has 112 valence electrons. The van der Waals surface area contributed by atoms with Gasteiger partial charge >= 0.3 is 6.18 Å². The summed E-state index contributed by atoms with van der Waals surface area (Å²) in [6, 6.07) is 0. The molecule has 0 aromatic carbocycles. The van der Waals surface area contributed by atoms with E-state index in [4.69, 9.17) is 9.47 Å². The molecule has 0 aliphatic carbocycles. The maximum absolute atomic E-state index is 12.9. The molecular formula is C12H21F3N2O2. The van der Waals surface area contributed by atoms with Gasteiger partial charge in [-0.1, -0.05) is 0 Å². The molecule has 2 heterocycles. The summed E-state index contributed by atoms with van der Waals surface area (Å²) in [5, 5.41) is 2.86. The van der Waals surface area contributed by atoms with Crippen molar-refractivity contribution in [3.63, 3.8) is 0 Å². The van der Waals surface area contributed by atoms with E-state index in [1.165, 1.54) is 0 Å². The summed E-state index contributed by atoms with van der Waals surface area (Å²) in [7, 11) is 1.60. The Bertz CT molecular complexity index is 293. The molecule has 0 aromatic heterocycles. The number of nitrogens with zero attached hydrogens (tertiary/aromatic N) is 1. The Hall–Kier alpha value is -0.370. The van der Waals surface area contributed by atoms with Crippen LogP contribution in [-0.4, -0.2) is 69.7 Å². The van der Waals surface area contributed by atoms with Crippen molar-refractivity contribution in [1.29, 1.82) is 0 Å². The lowest BCUT2D eigenvalue weighted by molar-refractivity contribution is -0.177. The first-order valence-corrected chi connectivity index (χ1v) is 6.58. The summed E-state index contributed by atoms with van der Waals surface area (Å²) in [6.07, 6.45) is -3.41. The molecule has 1 N–H and O–H groups in total. The zero-order valence-corrected chi connectivity index (χ0v) is 11.1. The molecule has 2 rings (SSSR count). The smallest absolute Gasteiger partial charge is 0.378 e. The van der Waals surface area contributed by atoms with E-state index in [0.29, 0.717) is 32.8 Å². The zero-order chi connectivity index (χ0) is 13.9. The van der Waals surface area contributed by atoms with E-state index in [0.717, 1.165) is 6.42 Å². The van der Waals surface area contributed by atoms with Crippen molar-refractivity contribution in [2.45, 2.75) is 18.2 Å². The third-order valence-electron chi connectivity index (χ3n) is 3.95. The van der Waals surface area contributed by atoms with Gasteiger partial charge in [0.05, 0.1) is 12.5 Å². The van der Waals surface area contributed by atoms with Crippen LogP contribution in [-0.2, 0) is 9.47 Å². The Kier molecular flexibility index (Phi) is 4.70. The van der Waals surface area contributed by atoms with Gasteiger partial charge in [-0.2, -0.15) is 13.2 Å². The van der Waals surface area contributed by atoms with Crippen molar-refractivity contribution >= 4 is 0 Å². The first-order chi connectivity index (χ1) is 8.95. The standard InChI is InChI=1S/C12H21F3N2O2/c1-18-11(2-5-19-9-11)8-17-4-3-16-6-10(7-17)12(13,14)15/h10,16H,2-9H2,1H3. The molecule has 0 saturated carbocycles. The number of halogens is 3. The number of hydrogen-bond donors (Lipinski definition) is 1. The topological polar surface area (TPSA) is 33.7 Å². The lowest BCUT2D eigenvalue weighted by atomic mass is 10.0. The lowest BCUT2D eigenvalue weighted by Gasteiger charge is -2.34. The quantitative estimate of drug-likeness (QED) is 0.833. The molecule has 0 amide bonds. The van der Waals surface area contributed by atoms with Crippen LogP contribution in [0.25, 0.3) is 0 Å². The minimum Gasteiger partial charge on any atom is -0.378 e. The number of rotatable bonds is 3. The van der Waals surface area contributed by atoms with Gasteiger partial charge in [0.1, 0.15) is 5.60 Å². The van der Waals surface area contributed by atoms with Crippen molar-refractivity contribution in [1.82, 2.24) is 10.2 Å². The summed E-state index contributed by atoms with van der Waals surface area (Å²) < 4.78 is 49.4. The number of hydrogen-bond acceptors (Lipinski definition) is 4. The Morgan fingerprint density at radius 1 is 1.47 bits per heavy atom.